The lowest BCUT2D eigenvalue weighted by atomic mass is 10.2. The SMILES string of the molecule is COc1cc2c(NCCNC(=O)Nc3ccc(OC(C)C)cc3)ncnc2cc1OCCCN1CCOCC1. The number of aromatic nitrogens is 2. The smallest absolute Gasteiger partial charge is 0.319 e. The van der Waals surface area contributed by atoms with Crippen molar-refractivity contribution in [1.29, 1.82) is 0 Å². The molecular formula is C28H38N6O5. The Kier molecular flexibility index (Phi) is 10.4. The van der Waals surface area contributed by atoms with Crippen LogP contribution in [-0.4, -0.2) is 86.7 Å². The van der Waals surface area contributed by atoms with Crippen molar-refractivity contribution in [2.45, 2.75) is 26.4 Å². The summed E-state index contributed by atoms with van der Waals surface area (Å²) in [4.78, 5) is 23.4. The first-order valence-corrected chi connectivity index (χ1v) is 13.3. The normalized spacial score (nSPS) is 13.7. The number of hydrogen-bond acceptors (Lipinski definition) is 9. The Bertz CT molecular complexity index is 1200. The molecule has 11 nitrogen and oxygen atoms in total. The number of rotatable bonds is 13. The van der Waals surface area contributed by atoms with Gasteiger partial charge in [-0.15, -0.1) is 0 Å². The van der Waals surface area contributed by atoms with Crippen LogP contribution >= 0.6 is 0 Å². The van der Waals surface area contributed by atoms with Gasteiger partial charge < -0.3 is 34.9 Å². The number of methoxy groups -OCH3 is 1. The summed E-state index contributed by atoms with van der Waals surface area (Å²) < 4.78 is 22.6. The summed E-state index contributed by atoms with van der Waals surface area (Å²) in [5.74, 6) is 2.68. The number of urea groups is 1. The number of carbonyl (C=O) groups is 1. The highest BCUT2D eigenvalue weighted by Crippen LogP contribution is 2.34. The number of hydrogen-bond donors (Lipinski definition) is 3. The van der Waals surface area contributed by atoms with E-state index in [2.05, 4.69) is 30.8 Å². The van der Waals surface area contributed by atoms with Crippen LogP contribution in [0.25, 0.3) is 10.9 Å². The second-order valence-corrected chi connectivity index (χ2v) is 9.40. The number of benzene rings is 2. The average molecular weight is 539 g/mol. The molecule has 1 fully saturated rings. The Balaban J connectivity index is 1.25. The fraction of sp³-hybridized carbons (Fsp3) is 0.464. The molecule has 0 atom stereocenters. The Labute approximate surface area is 229 Å². The molecule has 1 aliphatic rings. The first-order valence-electron chi connectivity index (χ1n) is 13.3. The lowest BCUT2D eigenvalue weighted by Gasteiger charge is -2.26. The molecule has 3 aromatic rings. The first-order chi connectivity index (χ1) is 19.0. The Hall–Kier alpha value is -3.83. The van der Waals surface area contributed by atoms with E-state index in [4.69, 9.17) is 18.9 Å². The number of amides is 2. The van der Waals surface area contributed by atoms with Gasteiger partial charge in [0, 0.05) is 49.9 Å². The fourth-order valence-corrected chi connectivity index (χ4v) is 4.19. The van der Waals surface area contributed by atoms with Gasteiger partial charge in [0.1, 0.15) is 17.9 Å². The molecule has 11 heteroatoms. The molecule has 0 unspecified atom stereocenters. The third-order valence-corrected chi connectivity index (χ3v) is 6.09. The van der Waals surface area contributed by atoms with E-state index in [1.165, 1.54) is 6.33 Å². The third-order valence-electron chi connectivity index (χ3n) is 6.09. The number of nitrogens with zero attached hydrogens (tertiary/aromatic N) is 3. The van der Waals surface area contributed by atoms with Crippen LogP contribution in [0, 0.1) is 0 Å². The van der Waals surface area contributed by atoms with Crippen molar-refractivity contribution in [1.82, 2.24) is 20.2 Å². The zero-order chi connectivity index (χ0) is 27.5. The van der Waals surface area contributed by atoms with Gasteiger partial charge in [-0.1, -0.05) is 0 Å². The van der Waals surface area contributed by atoms with Gasteiger partial charge in [-0.25, -0.2) is 14.8 Å². The quantitative estimate of drug-likeness (QED) is 0.280. The van der Waals surface area contributed by atoms with E-state index < -0.39 is 0 Å². The van der Waals surface area contributed by atoms with Gasteiger partial charge in [-0.3, -0.25) is 4.90 Å². The summed E-state index contributed by atoms with van der Waals surface area (Å²) in [6.45, 7) is 9.88. The van der Waals surface area contributed by atoms with Crippen LogP contribution in [0.5, 0.6) is 17.2 Å². The molecule has 0 aliphatic carbocycles. The van der Waals surface area contributed by atoms with Crippen molar-refractivity contribution >= 4 is 28.4 Å². The number of carbonyl (C=O) groups excluding carboxylic acids is 1. The van der Waals surface area contributed by atoms with E-state index in [0.29, 0.717) is 42.7 Å². The maximum atomic E-state index is 12.3. The lowest BCUT2D eigenvalue weighted by molar-refractivity contribution is 0.0357. The Morgan fingerprint density at radius 2 is 1.87 bits per heavy atom. The van der Waals surface area contributed by atoms with E-state index in [1.54, 1.807) is 19.2 Å². The molecule has 3 N–H and O–H groups in total. The Morgan fingerprint density at radius 3 is 2.62 bits per heavy atom. The van der Waals surface area contributed by atoms with Gasteiger partial charge in [0.25, 0.3) is 0 Å². The number of fused-ring (bicyclic) bond motifs is 1. The van der Waals surface area contributed by atoms with E-state index in [0.717, 1.165) is 55.9 Å². The van der Waals surface area contributed by atoms with E-state index in [-0.39, 0.29) is 12.1 Å². The molecule has 0 spiro atoms. The molecule has 2 aromatic carbocycles. The summed E-state index contributed by atoms with van der Waals surface area (Å²) in [6.07, 6.45) is 2.52. The average Bonchev–Trinajstić information content (AvgIpc) is 2.94. The van der Waals surface area contributed by atoms with Crippen LogP contribution in [0.4, 0.5) is 16.3 Å². The largest absolute Gasteiger partial charge is 0.493 e. The molecule has 39 heavy (non-hydrogen) atoms. The van der Waals surface area contributed by atoms with E-state index in [9.17, 15) is 4.79 Å². The minimum atomic E-state index is -0.293. The lowest BCUT2D eigenvalue weighted by Crippen LogP contribution is -2.37. The summed E-state index contributed by atoms with van der Waals surface area (Å²) in [5, 5.41) is 9.73. The monoisotopic (exact) mass is 538 g/mol. The Morgan fingerprint density at radius 1 is 1.08 bits per heavy atom. The molecule has 1 aliphatic heterocycles. The second kappa shape index (κ2) is 14.4. The molecule has 1 saturated heterocycles. The molecule has 210 valence electrons. The molecule has 0 radical (unpaired) electrons. The highest BCUT2D eigenvalue weighted by atomic mass is 16.5. The number of nitrogens with one attached hydrogen (secondary N) is 3. The van der Waals surface area contributed by atoms with Crippen molar-refractivity contribution in [2.75, 3.05) is 70.3 Å². The predicted molar refractivity (Wildman–Crippen MR) is 151 cm³/mol. The summed E-state index contributed by atoms with van der Waals surface area (Å²) >= 11 is 0. The molecule has 0 bridgehead atoms. The second-order valence-electron chi connectivity index (χ2n) is 9.40. The van der Waals surface area contributed by atoms with E-state index >= 15 is 0 Å². The van der Waals surface area contributed by atoms with Crippen molar-refractivity contribution < 1.29 is 23.7 Å². The predicted octanol–water partition coefficient (Wildman–Crippen LogP) is 3.76. The topological polar surface area (TPSA) is 119 Å². The van der Waals surface area contributed by atoms with Gasteiger partial charge in [-0.2, -0.15) is 0 Å². The van der Waals surface area contributed by atoms with Crippen molar-refractivity contribution in [3.05, 3.63) is 42.7 Å². The van der Waals surface area contributed by atoms with Crippen LogP contribution in [0.3, 0.4) is 0 Å². The molecular weight excluding hydrogens is 500 g/mol. The summed E-state index contributed by atoms with van der Waals surface area (Å²) in [6, 6.07) is 10.7. The van der Waals surface area contributed by atoms with Gasteiger partial charge in [0.2, 0.25) is 0 Å². The molecule has 0 saturated carbocycles. The van der Waals surface area contributed by atoms with Crippen LogP contribution in [0.2, 0.25) is 0 Å². The van der Waals surface area contributed by atoms with Crippen molar-refractivity contribution in [3.8, 4) is 17.2 Å². The maximum Gasteiger partial charge on any atom is 0.319 e. The van der Waals surface area contributed by atoms with E-state index in [1.807, 2.05) is 38.1 Å². The zero-order valence-corrected chi connectivity index (χ0v) is 22.9. The highest BCUT2D eigenvalue weighted by Gasteiger charge is 2.13. The maximum absolute atomic E-state index is 12.3. The minimum absolute atomic E-state index is 0.0961. The van der Waals surface area contributed by atoms with Gasteiger partial charge in [-0.05, 0) is 50.6 Å². The summed E-state index contributed by atoms with van der Waals surface area (Å²) in [5.41, 5.74) is 1.43. The van der Waals surface area contributed by atoms with Gasteiger partial charge >= 0.3 is 6.03 Å². The van der Waals surface area contributed by atoms with Crippen LogP contribution in [0.15, 0.2) is 42.7 Å². The number of anilines is 2. The zero-order valence-electron chi connectivity index (χ0n) is 22.9. The number of morpholine rings is 1. The van der Waals surface area contributed by atoms with Crippen LogP contribution in [0.1, 0.15) is 20.3 Å². The summed E-state index contributed by atoms with van der Waals surface area (Å²) in [7, 11) is 1.62. The van der Waals surface area contributed by atoms with Crippen molar-refractivity contribution in [2.24, 2.45) is 0 Å². The number of ether oxygens (including phenoxy) is 4. The van der Waals surface area contributed by atoms with Crippen molar-refractivity contribution in [3.63, 3.8) is 0 Å². The van der Waals surface area contributed by atoms with Gasteiger partial charge in [0.05, 0.1) is 38.6 Å². The molecule has 2 heterocycles. The molecule has 2 amide bonds. The minimum Gasteiger partial charge on any atom is -0.493 e. The molecule has 4 rings (SSSR count). The fourth-order valence-electron chi connectivity index (χ4n) is 4.19. The molecule has 1 aromatic heterocycles. The third kappa shape index (κ3) is 8.59. The first kappa shape index (κ1) is 28.2. The standard InChI is InChI=1S/C28H38N6O5/c1-20(2)39-22-7-5-21(6-8-22)33-28(35)30-10-9-29-27-23-17-25(36-3)26(18-24(23)31-19-32-27)38-14-4-11-34-12-15-37-16-13-34/h5-8,17-20H,4,9-16H2,1-3H3,(H,29,31,32)(H2,30,33,35). The van der Waals surface area contributed by atoms with Crippen LogP contribution in [-0.2, 0) is 4.74 Å². The highest BCUT2D eigenvalue weighted by molar-refractivity contribution is 5.92. The van der Waals surface area contributed by atoms with Gasteiger partial charge in [0.15, 0.2) is 11.5 Å². The van der Waals surface area contributed by atoms with Crippen LogP contribution < -0.4 is 30.2 Å².